The van der Waals surface area contributed by atoms with Crippen LogP contribution in [0.5, 0.6) is 5.88 Å². The Morgan fingerprint density at radius 1 is 1.47 bits per heavy atom. The van der Waals surface area contributed by atoms with Gasteiger partial charge in [-0.15, -0.1) is 0 Å². The molecule has 0 N–H and O–H groups in total. The maximum Gasteiger partial charge on any atom is 0.216 e. The third kappa shape index (κ3) is 2.40. The summed E-state index contributed by atoms with van der Waals surface area (Å²) in [5.41, 5.74) is 2.05. The second kappa shape index (κ2) is 5.29. The van der Waals surface area contributed by atoms with Gasteiger partial charge >= 0.3 is 0 Å². The SMILES string of the molecule is COc1c(C(C#N)c2cccc(Cl)n2)c(C)nn1C. The van der Waals surface area contributed by atoms with Gasteiger partial charge in [-0.05, 0) is 19.1 Å². The topological polar surface area (TPSA) is 63.7 Å². The molecule has 0 saturated carbocycles. The normalized spacial score (nSPS) is 11.9. The third-order valence-electron chi connectivity index (χ3n) is 2.86. The molecule has 2 rings (SSSR count). The van der Waals surface area contributed by atoms with Crippen LogP contribution in [0.25, 0.3) is 0 Å². The molecule has 2 heterocycles. The van der Waals surface area contributed by atoms with Crippen LogP contribution in [0, 0.1) is 18.3 Å². The largest absolute Gasteiger partial charge is 0.481 e. The number of halogens is 1. The lowest BCUT2D eigenvalue weighted by Crippen LogP contribution is -2.04. The highest BCUT2D eigenvalue weighted by Gasteiger charge is 2.25. The number of pyridine rings is 1. The van der Waals surface area contributed by atoms with Crippen LogP contribution in [0.2, 0.25) is 5.15 Å². The van der Waals surface area contributed by atoms with Crippen molar-refractivity contribution in [2.45, 2.75) is 12.8 Å². The molecule has 1 atom stereocenters. The van der Waals surface area contributed by atoms with Crippen LogP contribution < -0.4 is 4.74 Å². The maximum atomic E-state index is 9.45. The van der Waals surface area contributed by atoms with Gasteiger partial charge in [-0.25, -0.2) is 9.67 Å². The molecular weight excluding hydrogens is 264 g/mol. The van der Waals surface area contributed by atoms with Crippen molar-refractivity contribution in [1.82, 2.24) is 14.8 Å². The van der Waals surface area contributed by atoms with Gasteiger partial charge in [0, 0.05) is 7.05 Å². The van der Waals surface area contributed by atoms with Crippen molar-refractivity contribution in [1.29, 1.82) is 5.26 Å². The molecule has 0 radical (unpaired) electrons. The van der Waals surface area contributed by atoms with Gasteiger partial charge in [0.1, 0.15) is 11.1 Å². The first kappa shape index (κ1) is 13.4. The molecule has 6 heteroatoms. The van der Waals surface area contributed by atoms with Crippen LogP contribution in [0.15, 0.2) is 18.2 Å². The Morgan fingerprint density at radius 3 is 2.79 bits per heavy atom. The molecule has 1 unspecified atom stereocenters. The molecule has 0 aliphatic heterocycles. The summed E-state index contributed by atoms with van der Waals surface area (Å²) in [7, 11) is 3.33. The molecule has 2 aromatic heterocycles. The Morgan fingerprint density at radius 2 is 2.21 bits per heavy atom. The second-order valence-electron chi connectivity index (χ2n) is 4.08. The van der Waals surface area contributed by atoms with E-state index in [1.807, 2.05) is 6.92 Å². The maximum absolute atomic E-state index is 9.45. The highest BCUT2D eigenvalue weighted by atomic mass is 35.5. The van der Waals surface area contributed by atoms with Crippen LogP contribution in [-0.2, 0) is 7.05 Å². The van der Waals surface area contributed by atoms with Crippen LogP contribution in [0.1, 0.15) is 22.9 Å². The summed E-state index contributed by atoms with van der Waals surface area (Å²) in [6.45, 7) is 1.84. The van der Waals surface area contributed by atoms with Crippen molar-refractivity contribution >= 4 is 11.6 Å². The van der Waals surface area contributed by atoms with Crippen LogP contribution >= 0.6 is 11.6 Å². The van der Waals surface area contributed by atoms with E-state index in [2.05, 4.69) is 16.2 Å². The van der Waals surface area contributed by atoms with Crippen molar-refractivity contribution in [2.24, 2.45) is 7.05 Å². The molecule has 19 heavy (non-hydrogen) atoms. The van der Waals surface area contributed by atoms with Gasteiger partial charge in [-0.3, -0.25) is 0 Å². The van der Waals surface area contributed by atoms with Gasteiger partial charge in [0.25, 0.3) is 0 Å². The van der Waals surface area contributed by atoms with E-state index >= 15 is 0 Å². The number of ether oxygens (including phenoxy) is 1. The zero-order chi connectivity index (χ0) is 14.0. The van der Waals surface area contributed by atoms with Crippen molar-refractivity contribution in [2.75, 3.05) is 7.11 Å². The monoisotopic (exact) mass is 276 g/mol. The summed E-state index contributed by atoms with van der Waals surface area (Å²) in [4.78, 5) is 4.20. The molecule has 0 spiro atoms. The van der Waals surface area contributed by atoms with Gasteiger partial charge in [0.2, 0.25) is 5.88 Å². The molecule has 0 aliphatic carbocycles. The minimum atomic E-state index is -0.553. The highest BCUT2D eigenvalue weighted by molar-refractivity contribution is 6.29. The standard InChI is InChI=1S/C13H13ClN4O/c1-8-12(13(19-3)18(2)17-8)9(7-15)10-5-4-6-11(14)16-10/h4-6,9H,1-3H3. The first-order valence-electron chi connectivity index (χ1n) is 5.68. The van der Waals surface area contributed by atoms with E-state index in [1.165, 1.54) is 0 Å². The molecule has 0 saturated heterocycles. The number of nitrogens with zero attached hydrogens (tertiary/aromatic N) is 4. The van der Waals surface area contributed by atoms with E-state index in [0.29, 0.717) is 16.7 Å². The van der Waals surface area contributed by atoms with Crippen molar-refractivity contribution < 1.29 is 4.74 Å². The third-order valence-corrected chi connectivity index (χ3v) is 3.07. The summed E-state index contributed by atoms with van der Waals surface area (Å²) in [6.07, 6.45) is 0. The van der Waals surface area contributed by atoms with E-state index < -0.39 is 5.92 Å². The van der Waals surface area contributed by atoms with Crippen molar-refractivity contribution in [3.05, 3.63) is 40.3 Å². The average Bonchev–Trinajstić information content (AvgIpc) is 2.65. The minimum absolute atomic E-state index is 0.360. The fourth-order valence-corrected chi connectivity index (χ4v) is 2.26. The van der Waals surface area contributed by atoms with Gasteiger partial charge in [-0.1, -0.05) is 17.7 Å². The quantitative estimate of drug-likeness (QED) is 0.808. The zero-order valence-electron chi connectivity index (χ0n) is 10.9. The molecule has 0 aromatic carbocycles. The lowest BCUT2D eigenvalue weighted by Gasteiger charge is -2.10. The number of hydrogen-bond acceptors (Lipinski definition) is 4. The lowest BCUT2D eigenvalue weighted by atomic mass is 9.97. The zero-order valence-corrected chi connectivity index (χ0v) is 11.6. The molecule has 0 bridgehead atoms. The van der Waals surface area contributed by atoms with Crippen LogP contribution in [0.4, 0.5) is 0 Å². The fourth-order valence-electron chi connectivity index (χ4n) is 2.09. The van der Waals surface area contributed by atoms with Gasteiger partial charge in [-0.2, -0.15) is 10.4 Å². The molecule has 0 fully saturated rings. The minimum Gasteiger partial charge on any atom is -0.481 e. The van der Waals surface area contributed by atoms with Gasteiger partial charge in [0.15, 0.2) is 0 Å². The molecule has 0 amide bonds. The van der Waals surface area contributed by atoms with E-state index in [9.17, 15) is 5.26 Å². The number of aromatic nitrogens is 3. The molecule has 98 valence electrons. The fraction of sp³-hybridized carbons (Fsp3) is 0.308. The summed E-state index contributed by atoms with van der Waals surface area (Å²) in [5.74, 6) is 0.00757. The van der Waals surface area contributed by atoms with Crippen molar-refractivity contribution in [3.8, 4) is 11.9 Å². The highest BCUT2D eigenvalue weighted by Crippen LogP contribution is 2.33. The summed E-state index contributed by atoms with van der Waals surface area (Å²) in [6, 6.07) is 7.45. The van der Waals surface area contributed by atoms with Crippen LogP contribution in [-0.4, -0.2) is 21.9 Å². The molecule has 5 nitrogen and oxygen atoms in total. The van der Waals surface area contributed by atoms with E-state index in [-0.39, 0.29) is 0 Å². The van der Waals surface area contributed by atoms with Gasteiger partial charge in [0.05, 0.1) is 30.1 Å². The summed E-state index contributed by atoms with van der Waals surface area (Å²) >= 11 is 5.88. The smallest absolute Gasteiger partial charge is 0.216 e. The first-order valence-corrected chi connectivity index (χ1v) is 6.05. The summed E-state index contributed by atoms with van der Waals surface area (Å²) < 4.78 is 6.93. The number of aryl methyl sites for hydroxylation is 2. The Bertz CT molecular complexity index is 645. The predicted molar refractivity (Wildman–Crippen MR) is 71.2 cm³/mol. The Labute approximate surface area is 116 Å². The Kier molecular flexibility index (Phi) is 3.72. The second-order valence-corrected chi connectivity index (χ2v) is 4.47. The Balaban J connectivity index is 2.58. The van der Waals surface area contributed by atoms with Gasteiger partial charge < -0.3 is 4.74 Å². The van der Waals surface area contributed by atoms with E-state index in [1.54, 1.807) is 37.0 Å². The van der Waals surface area contributed by atoms with E-state index in [0.717, 1.165) is 11.3 Å². The number of nitriles is 1. The average molecular weight is 277 g/mol. The lowest BCUT2D eigenvalue weighted by molar-refractivity contribution is 0.369. The van der Waals surface area contributed by atoms with E-state index in [4.69, 9.17) is 16.3 Å². The van der Waals surface area contributed by atoms with Crippen molar-refractivity contribution in [3.63, 3.8) is 0 Å². The number of rotatable bonds is 3. The number of hydrogen-bond donors (Lipinski definition) is 0. The molecule has 2 aromatic rings. The Hall–Kier alpha value is -2.06. The first-order chi connectivity index (χ1) is 9.08. The number of methoxy groups -OCH3 is 1. The molecule has 0 aliphatic rings. The van der Waals surface area contributed by atoms with Crippen LogP contribution in [0.3, 0.4) is 0 Å². The summed E-state index contributed by atoms with van der Waals surface area (Å²) in [5, 5.41) is 14.1. The molecular formula is C13H13ClN4O. The predicted octanol–water partition coefficient (Wildman–Crippen LogP) is 2.44.